The van der Waals surface area contributed by atoms with Crippen molar-refractivity contribution < 1.29 is 24.6 Å². The first kappa shape index (κ1) is 36.6. The topological polar surface area (TPSA) is 104 Å². The summed E-state index contributed by atoms with van der Waals surface area (Å²) in [7, 11) is 0. The SMILES string of the molecule is C=C(C)[C@@H]1CC[C@]2(N[C@@H](CC(C)C)C(=O)O)CC[C@]3(C)C(CCC4[C@@]5(C)CC[C@H](C(=O)CC(C)(C)C(=O)O)C(C)(C)C5CC[C@]43C)C12. The lowest BCUT2D eigenvalue weighted by atomic mass is 9.32. The van der Waals surface area contributed by atoms with Crippen LogP contribution in [0.4, 0.5) is 0 Å². The number of Topliss-reactive ketones (excluding diaryl/α,β-unsaturated/α-hetero) is 1. The number of fused-ring (bicyclic) bond motifs is 7. The molecule has 0 spiro atoms. The number of ketones is 1. The fourth-order valence-electron chi connectivity index (χ4n) is 13.7. The van der Waals surface area contributed by atoms with Gasteiger partial charge in [-0.2, -0.15) is 0 Å². The van der Waals surface area contributed by atoms with E-state index in [0.717, 1.165) is 51.4 Å². The standard InChI is InChI=1S/C41H67NO5/c1-24(2)22-29(34(44)45)42-41-19-14-26(25(3)4)33(41)28-12-13-32-38(9)17-15-27(30(43)23-36(5,6)35(46)47)37(7,8)31(38)16-18-40(32,11)39(28,10)20-21-41/h24,26-29,31-33,42H,3,12-23H2,1-2,4-11H3,(H,44,45)(H,46,47)/t26-,27+,28?,29-,31?,32?,33?,38-,39+,40+,41-/m0/s1. The molecule has 0 aromatic carbocycles. The smallest absolute Gasteiger partial charge is 0.320 e. The molecule has 5 rings (SSSR count). The molecule has 6 heteroatoms. The van der Waals surface area contributed by atoms with Crippen LogP contribution < -0.4 is 5.32 Å². The minimum absolute atomic E-state index is 0.0975. The van der Waals surface area contributed by atoms with E-state index >= 15 is 0 Å². The van der Waals surface area contributed by atoms with Gasteiger partial charge in [0.2, 0.25) is 0 Å². The Morgan fingerprint density at radius 1 is 0.851 bits per heavy atom. The van der Waals surface area contributed by atoms with Crippen molar-refractivity contribution in [1.82, 2.24) is 5.32 Å². The van der Waals surface area contributed by atoms with Crippen LogP contribution in [0.25, 0.3) is 0 Å². The number of carboxylic acid groups (broad SMARTS) is 2. The number of rotatable bonds is 10. The third-order valence-corrected chi connectivity index (χ3v) is 16.2. The van der Waals surface area contributed by atoms with Gasteiger partial charge in [0, 0.05) is 17.9 Å². The largest absolute Gasteiger partial charge is 0.481 e. The van der Waals surface area contributed by atoms with Crippen LogP contribution in [-0.4, -0.2) is 39.5 Å². The maximum absolute atomic E-state index is 13.8. The van der Waals surface area contributed by atoms with Crippen LogP contribution in [0.2, 0.25) is 0 Å². The number of nitrogens with one attached hydrogen (secondary N) is 1. The predicted molar refractivity (Wildman–Crippen MR) is 188 cm³/mol. The highest BCUT2D eigenvalue weighted by Crippen LogP contribution is 2.77. The zero-order valence-corrected chi connectivity index (χ0v) is 31.4. The second-order valence-corrected chi connectivity index (χ2v) is 19.8. The van der Waals surface area contributed by atoms with E-state index in [9.17, 15) is 24.6 Å². The molecule has 4 unspecified atom stereocenters. The average Bonchev–Trinajstić information content (AvgIpc) is 3.32. The van der Waals surface area contributed by atoms with Gasteiger partial charge in [-0.1, -0.05) is 60.6 Å². The lowest BCUT2D eigenvalue weighted by Gasteiger charge is -2.73. The number of carbonyl (C=O) groups excluding carboxylic acids is 1. The Hall–Kier alpha value is -1.69. The fourth-order valence-corrected chi connectivity index (χ4v) is 13.7. The molecule has 0 bridgehead atoms. The predicted octanol–water partition coefficient (Wildman–Crippen LogP) is 9.17. The Morgan fingerprint density at radius 3 is 2.09 bits per heavy atom. The number of allylic oxidation sites excluding steroid dienone is 1. The Balaban J connectivity index is 1.46. The van der Waals surface area contributed by atoms with E-state index in [4.69, 9.17) is 0 Å². The molecular formula is C41H67NO5. The third-order valence-electron chi connectivity index (χ3n) is 16.2. The monoisotopic (exact) mass is 654 g/mol. The van der Waals surface area contributed by atoms with Crippen molar-refractivity contribution in [3.8, 4) is 0 Å². The molecule has 5 saturated carbocycles. The molecule has 0 aliphatic heterocycles. The second-order valence-electron chi connectivity index (χ2n) is 19.8. The molecule has 5 aliphatic rings. The molecule has 0 aromatic rings. The summed E-state index contributed by atoms with van der Waals surface area (Å²) in [6.07, 6.45) is 11.5. The summed E-state index contributed by atoms with van der Waals surface area (Å²) in [6, 6.07) is -0.520. The molecule has 266 valence electrons. The summed E-state index contributed by atoms with van der Waals surface area (Å²) in [5.74, 6) is 1.07. The number of hydrogen-bond acceptors (Lipinski definition) is 4. The molecular weight excluding hydrogens is 586 g/mol. The van der Waals surface area contributed by atoms with Gasteiger partial charge in [-0.05, 0) is 149 Å². The van der Waals surface area contributed by atoms with Crippen LogP contribution in [0, 0.1) is 68.5 Å². The third kappa shape index (κ3) is 5.57. The van der Waals surface area contributed by atoms with Crippen molar-refractivity contribution in [3.63, 3.8) is 0 Å². The Labute approximate surface area is 285 Å². The number of aliphatic carboxylic acids is 2. The molecule has 6 nitrogen and oxygen atoms in total. The van der Waals surface area contributed by atoms with Crippen LogP contribution in [0.3, 0.4) is 0 Å². The molecule has 5 fully saturated rings. The molecule has 47 heavy (non-hydrogen) atoms. The maximum atomic E-state index is 13.8. The molecule has 3 N–H and O–H groups in total. The van der Waals surface area contributed by atoms with Gasteiger partial charge in [0.05, 0.1) is 5.41 Å². The van der Waals surface area contributed by atoms with Gasteiger partial charge in [-0.15, -0.1) is 0 Å². The first-order valence-corrected chi connectivity index (χ1v) is 19.0. The molecule has 11 atom stereocenters. The van der Waals surface area contributed by atoms with Gasteiger partial charge in [-0.25, -0.2) is 0 Å². The Bertz CT molecular complexity index is 1280. The van der Waals surface area contributed by atoms with Gasteiger partial charge < -0.3 is 10.2 Å². The summed E-state index contributed by atoms with van der Waals surface area (Å²) in [4.78, 5) is 38.2. The molecule has 0 radical (unpaired) electrons. The summed E-state index contributed by atoms with van der Waals surface area (Å²) in [5, 5.41) is 23.9. The minimum Gasteiger partial charge on any atom is -0.481 e. The van der Waals surface area contributed by atoms with Crippen LogP contribution >= 0.6 is 0 Å². The van der Waals surface area contributed by atoms with Crippen molar-refractivity contribution >= 4 is 17.7 Å². The molecule has 0 saturated heterocycles. The number of carboxylic acids is 2. The van der Waals surface area contributed by atoms with Gasteiger partial charge in [-0.3, -0.25) is 19.7 Å². The highest BCUT2D eigenvalue weighted by Gasteiger charge is 2.71. The lowest BCUT2D eigenvalue weighted by Crippen LogP contribution is -2.69. The zero-order valence-electron chi connectivity index (χ0n) is 31.4. The second kappa shape index (κ2) is 12.0. The maximum Gasteiger partial charge on any atom is 0.320 e. The van der Waals surface area contributed by atoms with E-state index in [1.807, 2.05) is 0 Å². The molecule has 0 amide bonds. The van der Waals surface area contributed by atoms with Gasteiger partial charge in [0.25, 0.3) is 0 Å². The van der Waals surface area contributed by atoms with Crippen LogP contribution in [-0.2, 0) is 14.4 Å². The highest BCUT2D eigenvalue weighted by molar-refractivity contribution is 5.87. The lowest BCUT2D eigenvalue weighted by molar-refractivity contribution is -0.237. The van der Waals surface area contributed by atoms with Crippen molar-refractivity contribution in [2.75, 3.05) is 0 Å². The fraction of sp³-hybridized carbons (Fsp3) is 0.878. The van der Waals surface area contributed by atoms with Crippen LogP contribution in [0.15, 0.2) is 12.2 Å². The van der Waals surface area contributed by atoms with E-state index in [2.05, 4.69) is 67.3 Å². The van der Waals surface area contributed by atoms with E-state index in [0.29, 0.717) is 41.9 Å². The minimum atomic E-state index is -1.04. The van der Waals surface area contributed by atoms with E-state index in [1.165, 1.54) is 18.4 Å². The van der Waals surface area contributed by atoms with Gasteiger partial charge >= 0.3 is 11.9 Å². The summed E-state index contributed by atoms with van der Waals surface area (Å²) >= 11 is 0. The molecule has 0 aromatic heterocycles. The highest BCUT2D eigenvalue weighted by atomic mass is 16.4. The van der Waals surface area contributed by atoms with Gasteiger partial charge in [0.1, 0.15) is 11.8 Å². The summed E-state index contributed by atoms with van der Waals surface area (Å²) in [5.41, 5.74) is 0.332. The molecule has 0 heterocycles. The van der Waals surface area contributed by atoms with Gasteiger partial charge in [0.15, 0.2) is 0 Å². The Morgan fingerprint density at radius 2 is 1.51 bits per heavy atom. The number of hydrogen-bond donors (Lipinski definition) is 3. The van der Waals surface area contributed by atoms with E-state index < -0.39 is 23.4 Å². The van der Waals surface area contributed by atoms with Crippen molar-refractivity contribution in [2.45, 2.75) is 158 Å². The van der Waals surface area contributed by atoms with Crippen molar-refractivity contribution in [2.24, 2.45) is 68.5 Å². The molecule has 5 aliphatic carbocycles. The summed E-state index contributed by atoms with van der Waals surface area (Å²) in [6.45, 7) is 26.7. The quantitative estimate of drug-likeness (QED) is 0.203. The summed E-state index contributed by atoms with van der Waals surface area (Å²) < 4.78 is 0. The zero-order chi connectivity index (χ0) is 35.1. The van der Waals surface area contributed by atoms with Crippen LogP contribution in [0.1, 0.15) is 146 Å². The average molecular weight is 654 g/mol. The first-order valence-electron chi connectivity index (χ1n) is 19.0. The normalized spacial score (nSPS) is 43.2. The van der Waals surface area contributed by atoms with Crippen molar-refractivity contribution in [1.29, 1.82) is 0 Å². The Kier molecular flexibility index (Phi) is 9.32. The van der Waals surface area contributed by atoms with E-state index in [1.54, 1.807) is 13.8 Å². The van der Waals surface area contributed by atoms with Crippen molar-refractivity contribution in [3.05, 3.63) is 12.2 Å². The van der Waals surface area contributed by atoms with E-state index in [-0.39, 0.29) is 45.3 Å². The van der Waals surface area contributed by atoms with Crippen LogP contribution in [0.5, 0.6) is 0 Å². The number of carbonyl (C=O) groups is 3. The first-order chi connectivity index (χ1) is 21.6.